The molecule has 1 aromatic carbocycles. The molecule has 3 heteroatoms. The van der Waals surface area contributed by atoms with E-state index < -0.39 is 0 Å². The van der Waals surface area contributed by atoms with E-state index in [0.29, 0.717) is 5.02 Å². The highest BCUT2D eigenvalue weighted by Crippen LogP contribution is 2.32. The van der Waals surface area contributed by atoms with Crippen LogP contribution in [0.5, 0.6) is 0 Å². The number of halogens is 1. The van der Waals surface area contributed by atoms with Crippen LogP contribution in [0, 0.1) is 0 Å². The number of benzene rings is 1. The minimum atomic E-state index is -0.242. The van der Waals surface area contributed by atoms with Crippen LogP contribution in [0.1, 0.15) is 29.9 Å². The number of nitrogens with two attached hydrogens (primary N) is 1. The molecule has 1 aliphatic rings. The van der Waals surface area contributed by atoms with Crippen molar-refractivity contribution >= 4 is 17.5 Å². The van der Waals surface area contributed by atoms with E-state index in [9.17, 15) is 4.79 Å². The maximum Gasteiger partial charge on any atom is 0.224 e. The number of hydrogen-bond donors (Lipinski definition) is 1. The van der Waals surface area contributed by atoms with Crippen molar-refractivity contribution in [1.29, 1.82) is 0 Å². The van der Waals surface area contributed by atoms with E-state index in [1.165, 1.54) is 5.56 Å². The minimum Gasteiger partial charge on any atom is -0.369 e. The standard InChI is InChI=1S/C11H12ClNO/c12-8-5-4-7-2-1-3-9(11(13)14)10(7)6-8/h4-6,9H,1-3H2,(H2,13,14). The highest BCUT2D eigenvalue weighted by molar-refractivity contribution is 6.30. The van der Waals surface area contributed by atoms with E-state index in [-0.39, 0.29) is 11.8 Å². The van der Waals surface area contributed by atoms with Gasteiger partial charge >= 0.3 is 0 Å². The third-order valence-corrected chi connectivity index (χ3v) is 3.00. The summed E-state index contributed by atoms with van der Waals surface area (Å²) in [6.07, 6.45) is 2.90. The normalized spacial score (nSPS) is 20.2. The van der Waals surface area contributed by atoms with Crippen molar-refractivity contribution in [2.45, 2.75) is 25.2 Å². The topological polar surface area (TPSA) is 43.1 Å². The Morgan fingerprint density at radius 2 is 2.29 bits per heavy atom. The molecule has 0 heterocycles. The molecule has 0 aliphatic heterocycles. The van der Waals surface area contributed by atoms with Gasteiger partial charge in [0, 0.05) is 5.02 Å². The van der Waals surface area contributed by atoms with Gasteiger partial charge in [0.1, 0.15) is 0 Å². The van der Waals surface area contributed by atoms with Gasteiger partial charge in [-0.25, -0.2) is 0 Å². The molecule has 1 aliphatic carbocycles. The minimum absolute atomic E-state index is 0.141. The lowest BCUT2D eigenvalue weighted by atomic mass is 9.82. The van der Waals surface area contributed by atoms with Crippen LogP contribution in [0.2, 0.25) is 5.02 Å². The Kier molecular flexibility index (Phi) is 2.46. The number of aryl methyl sites for hydroxylation is 1. The fraction of sp³-hybridized carbons (Fsp3) is 0.364. The van der Waals surface area contributed by atoms with Gasteiger partial charge in [-0.3, -0.25) is 4.79 Å². The first kappa shape index (κ1) is 9.53. The Bertz CT molecular complexity index is 376. The maximum absolute atomic E-state index is 11.2. The van der Waals surface area contributed by atoms with Crippen molar-refractivity contribution in [3.63, 3.8) is 0 Å². The van der Waals surface area contributed by atoms with E-state index in [1.54, 1.807) is 0 Å². The molecular formula is C11H12ClNO. The molecule has 1 unspecified atom stereocenters. The third kappa shape index (κ3) is 1.62. The number of carbonyl (C=O) groups excluding carboxylic acids is 1. The molecule has 2 rings (SSSR count). The average molecular weight is 210 g/mol. The van der Waals surface area contributed by atoms with Crippen LogP contribution < -0.4 is 5.73 Å². The number of carbonyl (C=O) groups is 1. The summed E-state index contributed by atoms with van der Waals surface area (Å²) in [5.41, 5.74) is 7.59. The summed E-state index contributed by atoms with van der Waals surface area (Å²) in [7, 11) is 0. The van der Waals surface area contributed by atoms with Gasteiger partial charge in [0.05, 0.1) is 5.92 Å². The van der Waals surface area contributed by atoms with Gasteiger partial charge in [0.15, 0.2) is 0 Å². The zero-order chi connectivity index (χ0) is 10.1. The zero-order valence-electron chi connectivity index (χ0n) is 7.79. The molecule has 1 aromatic rings. The van der Waals surface area contributed by atoms with Gasteiger partial charge in [-0.05, 0) is 42.5 Å². The second-order valence-corrected chi connectivity index (χ2v) is 4.13. The van der Waals surface area contributed by atoms with Crippen molar-refractivity contribution in [3.05, 3.63) is 34.3 Å². The van der Waals surface area contributed by atoms with E-state index in [1.807, 2.05) is 18.2 Å². The molecule has 14 heavy (non-hydrogen) atoms. The summed E-state index contributed by atoms with van der Waals surface area (Å²) in [5.74, 6) is -0.384. The first-order valence-electron chi connectivity index (χ1n) is 4.76. The number of primary amides is 1. The average Bonchev–Trinajstić information content (AvgIpc) is 2.16. The Balaban J connectivity index is 2.46. The van der Waals surface area contributed by atoms with Crippen LogP contribution in [0.4, 0.5) is 0 Å². The molecule has 1 atom stereocenters. The monoisotopic (exact) mass is 209 g/mol. The Hall–Kier alpha value is -1.02. The van der Waals surface area contributed by atoms with Gasteiger partial charge in [0.2, 0.25) is 5.91 Å². The van der Waals surface area contributed by atoms with Crippen LogP contribution in [-0.2, 0) is 11.2 Å². The Morgan fingerprint density at radius 3 is 3.00 bits per heavy atom. The Labute approximate surface area is 88.1 Å². The quantitative estimate of drug-likeness (QED) is 0.758. The first-order valence-corrected chi connectivity index (χ1v) is 5.14. The summed E-state index contributed by atoms with van der Waals surface area (Å²) in [6, 6.07) is 5.72. The van der Waals surface area contributed by atoms with Gasteiger partial charge in [-0.1, -0.05) is 17.7 Å². The predicted molar refractivity (Wildman–Crippen MR) is 56.3 cm³/mol. The zero-order valence-corrected chi connectivity index (χ0v) is 8.55. The van der Waals surface area contributed by atoms with Crippen LogP contribution >= 0.6 is 11.6 Å². The Morgan fingerprint density at radius 1 is 1.50 bits per heavy atom. The highest BCUT2D eigenvalue weighted by atomic mass is 35.5. The molecule has 0 saturated carbocycles. The summed E-state index contributed by atoms with van der Waals surface area (Å²) in [5, 5.41) is 0.678. The number of amides is 1. The summed E-state index contributed by atoms with van der Waals surface area (Å²) in [4.78, 5) is 11.2. The molecule has 0 radical (unpaired) electrons. The van der Waals surface area contributed by atoms with Crippen molar-refractivity contribution in [3.8, 4) is 0 Å². The van der Waals surface area contributed by atoms with E-state index in [4.69, 9.17) is 17.3 Å². The van der Waals surface area contributed by atoms with E-state index >= 15 is 0 Å². The second-order valence-electron chi connectivity index (χ2n) is 3.69. The molecule has 0 spiro atoms. The number of fused-ring (bicyclic) bond motifs is 1. The molecule has 2 N–H and O–H groups in total. The first-order chi connectivity index (χ1) is 6.68. The predicted octanol–water partition coefficient (Wildman–Crippen LogP) is 2.25. The largest absolute Gasteiger partial charge is 0.369 e. The van der Waals surface area contributed by atoms with Gasteiger partial charge in [-0.2, -0.15) is 0 Å². The summed E-state index contributed by atoms with van der Waals surface area (Å²) in [6.45, 7) is 0. The van der Waals surface area contributed by atoms with Gasteiger partial charge in [-0.15, -0.1) is 0 Å². The lowest BCUT2D eigenvalue weighted by molar-refractivity contribution is -0.119. The van der Waals surface area contributed by atoms with Crippen LogP contribution in [0.15, 0.2) is 18.2 Å². The van der Waals surface area contributed by atoms with Crippen LogP contribution in [0.25, 0.3) is 0 Å². The fourth-order valence-electron chi connectivity index (χ4n) is 2.07. The lowest BCUT2D eigenvalue weighted by Crippen LogP contribution is -2.24. The molecule has 0 fully saturated rings. The molecule has 74 valence electrons. The molecule has 0 bridgehead atoms. The molecule has 2 nitrogen and oxygen atoms in total. The van der Waals surface area contributed by atoms with Gasteiger partial charge < -0.3 is 5.73 Å². The highest BCUT2D eigenvalue weighted by Gasteiger charge is 2.24. The summed E-state index contributed by atoms with van der Waals surface area (Å²) < 4.78 is 0. The van der Waals surface area contributed by atoms with Crippen molar-refractivity contribution in [2.24, 2.45) is 5.73 Å². The van der Waals surface area contributed by atoms with Crippen molar-refractivity contribution < 1.29 is 4.79 Å². The molecule has 1 amide bonds. The summed E-state index contributed by atoms with van der Waals surface area (Å²) >= 11 is 5.89. The van der Waals surface area contributed by atoms with E-state index in [0.717, 1.165) is 24.8 Å². The SMILES string of the molecule is NC(=O)C1CCCc2ccc(Cl)cc21. The van der Waals surface area contributed by atoms with E-state index in [2.05, 4.69) is 0 Å². The third-order valence-electron chi connectivity index (χ3n) is 2.77. The maximum atomic E-state index is 11.2. The van der Waals surface area contributed by atoms with Gasteiger partial charge in [0.25, 0.3) is 0 Å². The molecular weight excluding hydrogens is 198 g/mol. The van der Waals surface area contributed by atoms with Crippen molar-refractivity contribution in [2.75, 3.05) is 0 Å². The van der Waals surface area contributed by atoms with Crippen molar-refractivity contribution in [1.82, 2.24) is 0 Å². The lowest BCUT2D eigenvalue weighted by Gasteiger charge is -2.22. The fourth-order valence-corrected chi connectivity index (χ4v) is 2.25. The smallest absolute Gasteiger partial charge is 0.224 e. The second kappa shape index (κ2) is 3.62. The number of rotatable bonds is 1. The van der Waals surface area contributed by atoms with Crippen LogP contribution in [-0.4, -0.2) is 5.91 Å². The number of hydrogen-bond acceptors (Lipinski definition) is 1. The molecule has 0 aromatic heterocycles. The van der Waals surface area contributed by atoms with Crippen LogP contribution in [0.3, 0.4) is 0 Å². The molecule has 0 saturated heterocycles.